The Morgan fingerprint density at radius 3 is 2.68 bits per heavy atom. The number of benzene rings is 2. The summed E-state index contributed by atoms with van der Waals surface area (Å²) in [5.41, 5.74) is 3.03. The van der Waals surface area contributed by atoms with Crippen LogP contribution in [0.4, 0.5) is 0 Å². The molecule has 0 aliphatic carbocycles. The molecule has 28 heavy (non-hydrogen) atoms. The van der Waals surface area contributed by atoms with Crippen LogP contribution in [0.1, 0.15) is 30.0 Å². The van der Waals surface area contributed by atoms with Crippen molar-refractivity contribution in [1.82, 2.24) is 14.5 Å². The standard InChI is InChI=1S/C21H21ClN4O2/c1-28-20-5-3-15(10-17(20)22)13-25-19-11-14(12-23)2-4-18(19)26(21(25)27)16-6-8-24-9-7-16/h2-5,10-11,16,24H,6-9,13H2,1H3. The fourth-order valence-corrected chi connectivity index (χ4v) is 4.19. The van der Waals surface area contributed by atoms with Crippen LogP contribution < -0.4 is 15.7 Å². The molecule has 6 nitrogen and oxygen atoms in total. The number of nitrogens with one attached hydrogen (secondary N) is 1. The number of hydrogen-bond donors (Lipinski definition) is 1. The Hall–Kier alpha value is -2.75. The van der Waals surface area contributed by atoms with Crippen LogP contribution in [0.25, 0.3) is 11.0 Å². The first-order chi connectivity index (χ1) is 13.6. The Balaban J connectivity index is 1.84. The number of ether oxygens (including phenoxy) is 1. The summed E-state index contributed by atoms with van der Waals surface area (Å²) in [4.78, 5) is 13.4. The van der Waals surface area contributed by atoms with Gasteiger partial charge in [0, 0.05) is 6.04 Å². The minimum absolute atomic E-state index is 0.0519. The summed E-state index contributed by atoms with van der Waals surface area (Å²) >= 11 is 6.26. The van der Waals surface area contributed by atoms with Gasteiger partial charge in [-0.3, -0.25) is 9.13 Å². The van der Waals surface area contributed by atoms with Crippen LogP contribution in [0.5, 0.6) is 5.75 Å². The maximum atomic E-state index is 13.4. The number of fused-ring (bicyclic) bond motifs is 1. The third-order valence-corrected chi connectivity index (χ3v) is 5.62. The predicted molar refractivity (Wildman–Crippen MR) is 109 cm³/mol. The molecular weight excluding hydrogens is 376 g/mol. The molecule has 144 valence electrons. The molecule has 0 bridgehead atoms. The van der Waals surface area contributed by atoms with Gasteiger partial charge in [0.05, 0.1) is 41.3 Å². The summed E-state index contributed by atoms with van der Waals surface area (Å²) in [6, 6.07) is 13.3. The summed E-state index contributed by atoms with van der Waals surface area (Å²) in [6.45, 7) is 2.17. The van der Waals surface area contributed by atoms with Crippen molar-refractivity contribution >= 4 is 22.6 Å². The molecule has 2 heterocycles. The van der Waals surface area contributed by atoms with E-state index in [-0.39, 0.29) is 11.7 Å². The van der Waals surface area contributed by atoms with Crippen LogP contribution in [0.3, 0.4) is 0 Å². The van der Waals surface area contributed by atoms with E-state index in [1.165, 1.54) is 0 Å². The second-order valence-electron chi connectivity index (χ2n) is 7.00. The minimum atomic E-state index is -0.0519. The van der Waals surface area contributed by atoms with Gasteiger partial charge in [-0.25, -0.2) is 4.79 Å². The maximum Gasteiger partial charge on any atom is 0.329 e. The first-order valence-electron chi connectivity index (χ1n) is 9.30. The minimum Gasteiger partial charge on any atom is -0.495 e. The highest BCUT2D eigenvalue weighted by Gasteiger charge is 2.22. The molecule has 1 N–H and O–H groups in total. The van der Waals surface area contributed by atoms with Crippen LogP contribution >= 0.6 is 11.6 Å². The Morgan fingerprint density at radius 2 is 2.00 bits per heavy atom. The van der Waals surface area contributed by atoms with E-state index in [1.807, 2.05) is 22.8 Å². The smallest absolute Gasteiger partial charge is 0.329 e. The van der Waals surface area contributed by atoms with Crippen LogP contribution in [0.15, 0.2) is 41.2 Å². The van der Waals surface area contributed by atoms with Gasteiger partial charge in [-0.1, -0.05) is 17.7 Å². The highest BCUT2D eigenvalue weighted by Crippen LogP contribution is 2.27. The molecule has 0 amide bonds. The monoisotopic (exact) mass is 396 g/mol. The molecule has 0 saturated carbocycles. The lowest BCUT2D eigenvalue weighted by molar-refractivity contribution is 0.365. The number of nitriles is 1. The lowest BCUT2D eigenvalue weighted by Crippen LogP contribution is -2.35. The van der Waals surface area contributed by atoms with E-state index in [9.17, 15) is 10.1 Å². The van der Waals surface area contributed by atoms with Crippen LogP contribution in [0, 0.1) is 11.3 Å². The third-order valence-electron chi connectivity index (χ3n) is 5.32. The molecule has 2 aromatic carbocycles. The van der Waals surface area contributed by atoms with Crippen LogP contribution in [0.2, 0.25) is 5.02 Å². The fourth-order valence-electron chi connectivity index (χ4n) is 3.91. The molecule has 1 fully saturated rings. The molecule has 4 rings (SSSR count). The molecule has 1 aliphatic rings. The number of rotatable bonds is 4. The van der Waals surface area contributed by atoms with Crippen molar-refractivity contribution in [3.63, 3.8) is 0 Å². The van der Waals surface area contributed by atoms with Gasteiger partial charge in [-0.2, -0.15) is 5.26 Å². The summed E-state index contributed by atoms with van der Waals surface area (Å²) in [5, 5.41) is 13.2. The molecule has 3 aromatic rings. The van der Waals surface area contributed by atoms with Crippen LogP contribution in [-0.4, -0.2) is 29.3 Å². The summed E-state index contributed by atoms with van der Waals surface area (Å²) in [6.07, 6.45) is 1.82. The number of hydrogen-bond acceptors (Lipinski definition) is 4. The first kappa shape index (κ1) is 18.6. The fraction of sp³-hybridized carbons (Fsp3) is 0.333. The van der Waals surface area contributed by atoms with Gasteiger partial charge >= 0.3 is 5.69 Å². The highest BCUT2D eigenvalue weighted by atomic mass is 35.5. The number of halogens is 1. The lowest BCUT2D eigenvalue weighted by Gasteiger charge is -2.23. The van der Waals surface area contributed by atoms with Gasteiger partial charge < -0.3 is 10.1 Å². The van der Waals surface area contributed by atoms with Crippen molar-refractivity contribution in [3.05, 3.63) is 63.0 Å². The summed E-state index contributed by atoms with van der Waals surface area (Å²) in [7, 11) is 1.57. The average molecular weight is 397 g/mol. The maximum absolute atomic E-state index is 13.4. The Kier molecular flexibility index (Phi) is 5.12. The van der Waals surface area contributed by atoms with Gasteiger partial charge in [0.1, 0.15) is 5.75 Å². The Bertz CT molecular complexity index is 1120. The van der Waals surface area contributed by atoms with Gasteiger partial charge in [0.15, 0.2) is 0 Å². The molecule has 1 saturated heterocycles. The van der Waals surface area contributed by atoms with E-state index in [1.54, 1.807) is 29.9 Å². The Morgan fingerprint density at radius 1 is 1.21 bits per heavy atom. The zero-order valence-corrected chi connectivity index (χ0v) is 16.4. The largest absolute Gasteiger partial charge is 0.495 e. The highest BCUT2D eigenvalue weighted by molar-refractivity contribution is 6.32. The second kappa shape index (κ2) is 7.70. The average Bonchev–Trinajstić information content (AvgIpc) is 2.99. The molecular formula is C21H21ClN4O2. The molecule has 0 spiro atoms. The van der Waals surface area contributed by atoms with Crippen molar-refractivity contribution in [2.45, 2.75) is 25.4 Å². The zero-order chi connectivity index (χ0) is 19.7. The van der Waals surface area contributed by atoms with E-state index < -0.39 is 0 Å². The summed E-state index contributed by atoms with van der Waals surface area (Å²) in [5.74, 6) is 0.599. The number of imidazole rings is 1. The lowest BCUT2D eigenvalue weighted by atomic mass is 10.1. The van der Waals surface area contributed by atoms with E-state index in [0.717, 1.165) is 42.5 Å². The van der Waals surface area contributed by atoms with Gasteiger partial charge in [-0.15, -0.1) is 0 Å². The van der Waals surface area contributed by atoms with E-state index in [0.29, 0.717) is 22.9 Å². The molecule has 0 radical (unpaired) electrons. The Labute approximate surface area is 167 Å². The molecule has 0 unspecified atom stereocenters. The predicted octanol–water partition coefficient (Wildman–Crippen LogP) is 3.31. The van der Waals surface area contributed by atoms with Crippen LogP contribution in [-0.2, 0) is 6.54 Å². The van der Waals surface area contributed by atoms with Crippen molar-refractivity contribution < 1.29 is 4.74 Å². The molecule has 1 aromatic heterocycles. The third kappa shape index (κ3) is 3.28. The van der Waals surface area contributed by atoms with Gasteiger partial charge in [0.2, 0.25) is 0 Å². The topological polar surface area (TPSA) is 72.0 Å². The number of methoxy groups -OCH3 is 1. The normalized spacial score (nSPS) is 14.9. The summed E-state index contributed by atoms with van der Waals surface area (Å²) < 4.78 is 8.84. The zero-order valence-electron chi connectivity index (χ0n) is 15.6. The van der Waals surface area contributed by atoms with E-state index in [2.05, 4.69) is 11.4 Å². The van der Waals surface area contributed by atoms with E-state index >= 15 is 0 Å². The molecule has 1 aliphatic heterocycles. The quantitative estimate of drug-likeness (QED) is 0.734. The molecule has 0 atom stereocenters. The number of aromatic nitrogens is 2. The second-order valence-corrected chi connectivity index (χ2v) is 7.41. The molecule has 7 heteroatoms. The van der Waals surface area contributed by atoms with Gasteiger partial charge in [0.25, 0.3) is 0 Å². The number of nitrogens with zero attached hydrogens (tertiary/aromatic N) is 3. The number of piperidine rings is 1. The van der Waals surface area contributed by atoms with Crippen molar-refractivity contribution in [3.8, 4) is 11.8 Å². The van der Waals surface area contributed by atoms with Gasteiger partial charge in [-0.05, 0) is 61.8 Å². The van der Waals surface area contributed by atoms with Crippen molar-refractivity contribution in [1.29, 1.82) is 5.26 Å². The van der Waals surface area contributed by atoms with Crippen molar-refractivity contribution in [2.75, 3.05) is 20.2 Å². The van der Waals surface area contributed by atoms with E-state index in [4.69, 9.17) is 16.3 Å². The first-order valence-corrected chi connectivity index (χ1v) is 9.68. The SMILES string of the molecule is COc1ccc(Cn2c(=O)n(C3CCNCC3)c3ccc(C#N)cc32)cc1Cl. The van der Waals surface area contributed by atoms with Crippen molar-refractivity contribution in [2.24, 2.45) is 0 Å².